The minimum Gasteiger partial charge on any atom is -0.374 e. The third-order valence-electron chi connectivity index (χ3n) is 2.57. The molecule has 1 aliphatic rings. The van der Waals surface area contributed by atoms with Gasteiger partial charge < -0.3 is 22.8 Å². The van der Waals surface area contributed by atoms with Crippen molar-refractivity contribution >= 4 is 8.80 Å². The van der Waals surface area contributed by atoms with E-state index in [1.54, 1.807) is 0 Å². The first kappa shape index (κ1) is 16.1. The zero-order valence-corrected chi connectivity index (χ0v) is 12.9. The van der Waals surface area contributed by atoms with Gasteiger partial charge in [-0.25, -0.2) is 0 Å². The Balaban J connectivity index is 2.45. The first-order valence-corrected chi connectivity index (χ1v) is 8.83. The molecule has 0 aromatic heterocycles. The van der Waals surface area contributed by atoms with Crippen molar-refractivity contribution in [2.45, 2.75) is 52.6 Å². The first-order valence-electron chi connectivity index (χ1n) is 6.90. The van der Waals surface area contributed by atoms with Crippen LogP contribution in [-0.4, -0.2) is 47.6 Å². The van der Waals surface area contributed by atoms with Crippen molar-refractivity contribution in [3.05, 3.63) is 0 Å². The van der Waals surface area contributed by atoms with E-state index in [4.69, 9.17) is 22.8 Å². The summed E-state index contributed by atoms with van der Waals surface area (Å²) < 4.78 is 28.3. The highest BCUT2D eigenvalue weighted by molar-refractivity contribution is 6.61. The van der Waals surface area contributed by atoms with Gasteiger partial charge in [-0.15, -0.1) is 0 Å². The summed E-state index contributed by atoms with van der Waals surface area (Å²) in [7, 11) is -2.58. The van der Waals surface area contributed by atoms with E-state index in [1.807, 2.05) is 20.8 Å². The van der Waals surface area contributed by atoms with E-state index in [2.05, 4.69) is 6.92 Å². The molecule has 0 aromatic carbocycles. The maximum absolute atomic E-state index is 5.77. The lowest BCUT2D eigenvalue weighted by Gasteiger charge is -2.27. The predicted octanol–water partition coefficient (Wildman–Crippen LogP) is 2.19. The van der Waals surface area contributed by atoms with E-state index in [-0.39, 0.29) is 12.4 Å². The molecule has 1 fully saturated rings. The van der Waals surface area contributed by atoms with E-state index < -0.39 is 8.80 Å². The molecular weight excluding hydrogens is 252 g/mol. The van der Waals surface area contributed by atoms with Crippen LogP contribution < -0.4 is 0 Å². The third-order valence-corrected chi connectivity index (χ3v) is 5.65. The molecule has 0 aliphatic carbocycles. The number of hydrogen-bond donors (Lipinski definition) is 0. The number of hydrogen-bond acceptors (Lipinski definition) is 5. The Kier molecular flexibility index (Phi) is 7.36. The van der Waals surface area contributed by atoms with E-state index >= 15 is 0 Å². The topological polar surface area (TPSA) is 49.5 Å². The van der Waals surface area contributed by atoms with Gasteiger partial charge in [0, 0.05) is 32.5 Å². The standard InChI is InChI=1S/C12H26O5Si/c1-5-9-13-12-11(17-12)10-18(14-6-2,15-7-3)16-8-4/h11-12H,5-10H2,1-4H3. The molecule has 0 saturated carbocycles. The molecule has 0 spiro atoms. The molecule has 6 heteroatoms. The monoisotopic (exact) mass is 278 g/mol. The fraction of sp³-hybridized carbons (Fsp3) is 1.00. The van der Waals surface area contributed by atoms with E-state index in [1.165, 1.54) is 0 Å². The average molecular weight is 278 g/mol. The maximum Gasteiger partial charge on any atom is 0.503 e. The Labute approximate surface area is 111 Å². The molecule has 2 unspecified atom stereocenters. The van der Waals surface area contributed by atoms with Crippen LogP contribution in [0.25, 0.3) is 0 Å². The fourth-order valence-electron chi connectivity index (χ4n) is 1.86. The van der Waals surface area contributed by atoms with Crippen LogP contribution in [0.2, 0.25) is 6.04 Å². The van der Waals surface area contributed by atoms with Crippen LogP contribution in [0.1, 0.15) is 34.1 Å². The summed E-state index contributed by atoms with van der Waals surface area (Å²) >= 11 is 0. The Bertz CT molecular complexity index is 209. The molecule has 108 valence electrons. The summed E-state index contributed by atoms with van der Waals surface area (Å²) in [6.45, 7) is 10.5. The van der Waals surface area contributed by atoms with Crippen LogP contribution >= 0.6 is 0 Å². The number of rotatable bonds is 11. The van der Waals surface area contributed by atoms with Crippen molar-refractivity contribution in [3.8, 4) is 0 Å². The van der Waals surface area contributed by atoms with Gasteiger partial charge in [-0.1, -0.05) is 6.92 Å². The van der Waals surface area contributed by atoms with Crippen LogP contribution in [0, 0.1) is 0 Å². The van der Waals surface area contributed by atoms with Crippen molar-refractivity contribution in [2.75, 3.05) is 26.4 Å². The second-order valence-electron chi connectivity index (χ2n) is 4.10. The summed E-state index contributed by atoms with van der Waals surface area (Å²) in [4.78, 5) is 0. The molecule has 1 rings (SSSR count). The lowest BCUT2D eigenvalue weighted by molar-refractivity contribution is 0.0506. The molecule has 1 aliphatic heterocycles. The van der Waals surface area contributed by atoms with E-state index in [0.29, 0.717) is 25.9 Å². The molecule has 0 amide bonds. The Hall–Kier alpha value is 0.0169. The largest absolute Gasteiger partial charge is 0.503 e. The number of ether oxygens (including phenoxy) is 2. The Morgan fingerprint density at radius 3 is 1.94 bits per heavy atom. The van der Waals surface area contributed by atoms with Crippen molar-refractivity contribution in [2.24, 2.45) is 0 Å². The van der Waals surface area contributed by atoms with Gasteiger partial charge in [0.15, 0.2) is 6.29 Å². The van der Waals surface area contributed by atoms with Gasteiger partial charge in [0.05, 0.1) is 0 Å². The lowest BCUT2D eigenvalue weighted by atomic mass is 10.5. The molecule has 2 atom stereocenters. The molecule has 0 aromatic rings. The van der Waals surface area contributed by atoms with E-state index in [0.717, 1.165) is 13.0 Å². The molecule has 0 radical (unpaired) electrons. The minimum absolute atomic E-state index is 0.0628. The fourth-order valence-corrected chi connectivity index (χ4v) is 4.56. The summed E-state index contributed by atoms with van der Waals surface area (Å²) in [5.74, 6) is 0. The summed E-state index contributed by atoms with van der Waals surface area (Å²) in [6.07, 6.45) is 0.961. The summed E-state index contributed by atoms with van der Waals surface area (Å²) in [5, 5.41) is 0. The number of epoxide rings is 1. The minimum atomic E-state index is -2.58. The molecule has 1 saturated heterocycles. The summed E-state index contributed by atoms with van der Waals surface area (Å²) in [6, 6.07) is 0.677. The lowest BCUT2D eigenvalue weighted by Crippen LogP contribution is -2.47. The highest BCUT2D eigenvalue weighted by Crippen LogP contribution is 2.33. The third kappa shape index (κ3) is 4.95. The average Bonchev–Trinajstić information content (AvgIpc) is 3.05. The van der Waals surface area contributed by atoms with Gasteiger partial charge in [0.2, 0.25) is 0 Å². The van der Waals surface area contributed by atoms with Crippen LogP contribution in [0.4, 0.5) is 0 Å². The van der Waals surface area contributed by atoms with Crippen molar-refractivity contribution < 1.29 is 22.8 Å². The van der Waals surface area contributed by atoms with Crippen molar-refractivity contribution in [3.63, 3.8) is 0 Å². The quantitative estimate of drug-likeness (QED) is 0.428. The van der Waals surface area contributed by atoms with Gasteiger partial charge in [0.1, 0.15) is 6.10 Å². The Morgan fingerprint density at radius 1 is 0.944 bits per heavy atom. The summed E-state index contributed by atoms with van der Waals surface area (Å²) in [5.41, 5.74) is 0. The molecule has 0 N–H and O–H groups in total. The first-order chi connectivity index (χ1) is 8.71. The normalized spacial score (nSPS) is 23.3. The van der Waals surface area contributed by atoms with Gasteiger partial charge in [0.25, 0.3) is 0 Å². The SMILES string of the molecule is CCCOC1OC1C[Si](OCC)(OCC)OCC. The van der Waals surface area contributed by atoms with Crippen LogP contribution in [-0.2, 0) is 22.8 Å². The Morgan fingerprint density at radius 2 is 1.50 bits per heavy atom. The van der Waals surface area contributed by atoms with Gasteiger partial charge in [-0.3, -0.25) is 0 Å². The zero-order valence-electron chi connectivity index (χ0n) is 11.9. The molecule has 18 heavy (non-hydrogen) atoms. The predicted molar refractivity (Wildman–Crippen MR) is 70.3 cm³/mol. The van der Waals surface area contributed by atoms with Gasteiger partial charge >= 0.3 is 8.80 Å². The highest BCUT2D eigenvalue weighted by atomic mass is 28.4. The molecular formula is C12H26O5Si. The molecule has 0 bridgehead atoms. The maximum atomic E-state index is 5.77. The second-order valence-corrected chi connectivity index (χ2v) is 6.74. The molecule has 5 nitrogen and oxygen atoms in total. The van der Waals surface area contributed by atoms with Crippen molar-refractivity contribution in [1.29, 1.82) is 0 Å². The smallest absolute Gasteiger partial charge is 0.374 e. The van der Waals surface area contributed by atoms with Crippen molar-refractivity contribution in [1.82, 2.24) is 0 Å². The van der Waals surface area contributed by atoms with Gasteiger partial charge in [-0.05, 0) is 27.2 Å². The molecule has 1 heterocycles. The van der Waals surface area contributed by atoms with Crippen LogP contribution in [0.5, 0.6) is 0 Å². The second kappa shape index (κ2) is 8.24. The van der Waals surface area contributed by atoms with Gasteiger partial charge in [-0.2, -0.15) is 0 Å². The zero-order chi connectivity index (χ0) is 13.4. The van der Waals surface area contributed by atoms with Crippen LogP contribution in [0.3, 0.4) is 0 Å². The highest BCUT2D eigenvalue weighted by Gasteiger charge is 2.52. The van der Waals surface area contributed by atoms with E-state index in [9.17, 15) is 0 Å². The van der Waals surface area contributed by atoms with Crippen LogP contribution in [0.15, 0.2) is 0 Å².